The molecule has 0 spiro atoms. The first kappa shape index (κ1) is 11.5. The third-order valence-electron chi connectivity index (χ3n) is 0.637. The zero-order chi connectivity index (χ0) is 9.94. The van der Waals surface area contributed by atoms with Crippen LogP contribution in [0.3, 0.4) is 0 Å². The van der Waals surface area contributed by atoms with Crippen LogP contribution in [0.4, 0.5) is 22.0 Å². The molecule has 1 N–H and O–H groups in total. The van der Waals surface area contributed by atoms with Gasteiger partial charge in [0.25, 0.3) is 5.83 Å². The van der Waals surface area contributed by atoms with Crippen LogP contribution in [0, 0.1) is 0 Å². The Morgan fingerprint density at radius 2 is 1.75 bits per heavy atom. The predicted octanol–water partition coefficient (Wildman–Crippen LogP) is 2.06. The summed E-state index contributed by atoms with van der Waals surface area (Å²) in [4.78, 5) is 7.73. The van der Waals surface area contributed by atoms with Crippen LogP contribution in [-0.2, 0) is 9.09 Å². The van der Waals surface area contributed by atoms with Crippen molar-refractivity contribution in [3.05, 3.63) is 11.9 Å². The number of hydrogen-bond acceptors (Lipinski definition) is 2. The third-order valence-corrected chi connectivity index (χ3v) is 1.07. The van der Waals surface area contributed by atoms with Gasteiger partial charge in [-0.3, -0.25) is 4.57 Å². The Morgan fingerprint density at radius 1 is 1.33 bits per heavy atom. The molecular formula is C3H2F5O3P. The summed E-state index contributed by atoms with van der Waals surface area (Å²) in [5.41, 5.74) is 0. The van der Waals surface area contributed by atoms with Gasteiger partial charge in [-0.25, -0.2) is 4.52 Å². The lowest BCUT2D eigenvalue weighted by Gasteiger charge is -2.10. The van der Waals surface area contributed by atoms with Crippen LogP contribution >= 0.6 is 8.25 Å². The van der Waals surface area contributed by atoms with Crippen molar-refractivity contribution in [2.24, 2.45) is 0 Å². The van der Waals surface area contributed by atoms with Crippen LogP contribution in [0.15, 0.2) is 11.9 Å². The van der Waals surface area contributed by atoms with Crippen LogP contribution < -0.4 is 0 Å². The third kappa shape index (κ3) is 3.29. The molecule has 0 saturated heterocycles. The molecule has 0 heterocycles. The lowest BCUT2D eigenvalue weighted by molar-refractivity contribution is -0.160. The number of rotatable bonds is 3. The van der Waals surface area contributed by atoms with Gasteiger partial charge in [-0.2, -0.15) is 22.0 Å². The van der Waals surface area contributed by atoms with Crippen LogP contribution in [0.2, 0.25) is 0 Å². The van der Waals surface area contributed by atoms with Gasteiger partial charge >= 0.3 is 20.4 Å². The highest BCUT2D eigenvalue weighted by molar-refractivity contribution is 7.32. The molecule has 0 rings (SSSR count). The fraction of sp³-hybridized carbons (Fsp3) is 0.333. The molecule has 0 aliphatic rings. The van der Waals surface area contributed by atoms with Gasteiger partial charge in [0, 0.05) is 0 Å². The summed E-state index contributed by atoms with van der Waals surface area (Å²) in [6, 6.07) is 0. The predicted molar refractivity (Wildman–Crippen MR) is 27.6 cm³/mol. The molecule has 0 aliphatic carbocycles. The average molecular weight is 212 g/mol. The quantitative estimate of drug-likeness (QED) is 0.575. The molecular weight excluding hydrogens is 210 g/mol. The van der Waals surface area contributed by atoms with Gasteiger partial charge in [0.1, 0.15) is 0 Å². The van der Waals surface area contributed by atoms with Gasteiger partial charge in [0.05, 0.1) is 0 Å². The van der Waals surface area contributed by atoms with E-state index in [1.165, 1.54) is 0 Å². The topological polar surface area (TPSA) is 46.5 Å². The highest BCUT2D eigenvalue weighted by Crippen LogP contribution is 2.37. The van der Waals surface area contributed by atoms with Gasteiger partial charge < -0.3 is 4.89 Å². The number of halogens is 5. The zero-order valence-electron chi connectivity index (χ0n) is 5.15. The van der Waals surface area contributed by atoms with E-state index in [0.717, 1.165) is 0 Å². The second kappa shape index (κ2) is 3.97. The first-order valence-electron chi connectivity index (χ1n) is 2.28. The minimum atomic E-state index is -5.05. The van der Waals surface area contributed by atoms with E-state index < -0.39 is 26.3 Å². The summed E-state index contributed by atoms with van der Waals surface area (Å²) in [5.74, 6) is -3.17. The lowest BCUT2D eigenvalue weighted by Crippen LogP contribution is -2.18. The summed E-state index contributed by atoms with van der Waals surface area (Å²) in [5, 5.41) is 0. The van der Waals surface area contributed by atoms with E-state index in [0.29, 0.717) is 0 Å². The largest absolute Gasteiger partial charge is 0.421 e. The van der Waals surface area contributed by atoms with Gasteiger partial charge in [-0.15, -0.1) is 0 Å². The normalized spacial score (nSPS) is 14.2. The summed E-state index contributed by atoms with van der Waals surface area (Å²) in [7, 11) is -4.18. The molecule has 1 unspecified atom stereocenters. The second-order valence-corrected chi connectivity index (χ2v) is 2.20. The maximum absolute atomic E-state index is 11.8. The van der Waals surface area contributed by atoms with Crippen LogP contribution in [-0.4, -0.2) is 11.0 Å². The molecule has 0 aromatic heterocycles. The molecule has 1 atom stereocenters. The molecule has 3 nitrogen and oxygen atoms in total. The first-order chi connectivity index (χ1) is 5.27. The van der Waals surface area contributed by atoms with Crippen molar-refractivity contribution < 1.29 is 35.9 Å². The Balaban J connectivity index is 4.62. The Bertz CT molecular complexity index is 222. The Hall–Kier alpha value is -0.460. The summed E-state index contributed by atoms with van der Waals surface area (Å²) < 4.78 is 70.0. The van der Waals surface area contributed by atoms with Crippen molar-refractivity contribution in [1.82, 2.24) is 0 Å². The maximum Gasteiger partial charge on any atom is 0.421 e. The molecule has 72 valence electrons. The van der Waals surface area contributed by atoms with Crippen LogP contribution in [0.5, 0.6) is 0 Å². The number of hydrogen-bond donors (Lipinski definition) is 1. The summed E-state index contributed by atoms with van der Waals surface area (Å²) in [6.45, 7) is 0. The molecule has 0 radical (unpaired) electrons. The summed E-state index contributed by atoms with van der Waals surface area (Å²) in [6.07, 6.45) is -8.35. The van der Waals surface area contributed by atoms with Crippen LogP contribution in [0.25, 0.3) is 0 Å². The van der Waals surface area contributed by atoms with Gasteiger partial charge in [-0.1, -0.05) is 0 Å². The molecule has 0 aliphatic heterocycles. The molecule has 0 aromatic carbocycles. The monoisotopic (exact) mass is 212 g/mol. The fourth-order valence-electron chi connectivity index (χ4n) is 0.264. The summed E-state index contributed by atoms with van der Waals surface area (Å²) >= 11 is 0. The van der Waals surface area contributed by atoms with Crippen LogP contribution in [0.1, 0.15) is 0 Å². The van der Waals surface area contributed by atoms with E-state index in [4.69, 9.17) is 4.89 Å². The maximum atomic E-state index is 11.8. The van der Waals surface area contributed by atoms with E-state index in [1.54, 1.807) is 0 Å². The van der Waals surface area contributed by atoms with E-state index in [2.05, 4.69) is 4.52 Å². The highest BCUT2D eigenvalue weighted by atomic mass is 31.1. The second-order valence-electron chi connectivity index (χ2n) is 1.46. The van der Waals surface area contributed by atoms with Crippen molar-refractivity contribution in [2.45, 2.75) is 6.11 Å². The SMILES string of the molecule is O=[PH](O)OC(F)(F)C(F)=C(F)F. The van der Waals surface area contributed by atoms with E-state index >= 15 is 0 Å². The molecule has 9 heteroatoms. The first-order valence-corrected chi connectivity index (χ1v) is 3.54. The molecule has 0 aromatic rings. The van der Waals surface area contributed by atoms with Gasteiger partial charge in [0.15, 0.2) is 0 Å². The van der Waals surface area contributed by atoms with E-state index in [9.17, 15) is 26.5 Å². The molecule has 0 amide bonds. The smallest absolute Gasteiger partial charge is 0.326 e. The molecule has 0 fully saturated rings. The zero-order valence-corrected chi connectivity index (χ0v) is 6.15. The minimum Gasteiger partial charge on any atom is -0.326 e. The molecule has 0 saturated carbocycles. The molecule has 12 heavy (non-hydrogen) atoms. The fourth-order valence-corrected chi connectivity index (χ4v) is 0.573. The standard InChI is InChI=1S/C3H2F5O3P/c4-1(2(5)6)3(7,8)11-12(9)10/h12H,(H,9,10). The lowest BCUT2D eigenvalue weighted by atomic mass is 10.5. The Labute approximate surface area is 63.4 Å². The van der Waals surface area contributed by atoms with Gasteiger partial charge in [-0.05, 0) is 0 Å². The van der Waals surface area contributed by atoms with Crippen molar-refractivity contribution in [2.75, 3.05) is 0 Å². The Kier molecular flexibility index (Phi) is 3.82. The van der Waals surface area contributed by atoms with Crippen molar-refractivity contribution in [3.8, 4) is 0 Å². The molecule has 0 bridgehead atoms. The Morgan fingerprint density at radius 3 is 2.00 bits per heavy atom. The average Bonchev–Trinajstić information content (AvgIpc) is 1.82. The van der Waals surface area contributed by atoms with Crippen molar-refractivity contribution in [3.63, 3.8) is 0 Å². The number of alkyl halides is 2. The van der Waals surface area contributed by atoms with Crippen molar-refractivity contribution >= 4 is 8.25 Å². The minimum absolute atomic E-state index is 2.72. The highest BCUT2D eigenvalue weighted by Gasteiger charge is 2.42. The van der Waals surface area contributed by atoms with Gasteiger partial charge in [0.2, 0.25) is 0 Å². The van der Waals surface area contributed by atoms with E-state index in [1.807, 2.05) is 0 Å². The van der Waals surface area contributed by atoms with E-state index in [-0.39, 0.29) is 0 Å². The van der Waals surface area contributed by atoms with Crippen molar-refractivity contribution in [1.29, 1.82) is 0 Å².